The van der Waals surface area contributed by atoms with E-state index in [0.29, 0.717) is 6.42 Å². The van der Waals surface area contributed by atoms with Gasteiger partial charge in [-0.05, 0) is 53.9 Å². The van der Waals surface area contributed by atoms with E-state index in [1.807, 2.05) is 13.8 Å². The Balaban J connectivity index is 5.07. The summed E-state index contributed by atoms with van der Waals surface area (Å²) in [6, 6.07) is -1.61. The molecule has 2 atom stereocenters. The van der Waals surface area contributed by atoms with Crippen molar-refractivity contribution >= 4 is 18.0 Å². The predicted molar refractivity (Wildman–Crippen MR) is 102 cm³/mol. The third-order valence-corrected chi connectivity index (χ3v) is 3.14. The van der Waals surface area contributed by atoms with E-state index in [1.54, 1.807) is 41.5 Å². The normalized spacial score (nSPS) is 14.3. The molecule has 0 heterocycles. The van der Waals surface area contributed by atoms with Crippen LogP contribution in [0.25, 0.3) is 0 Å². The van der Waals surface area contributed by atoms with Gasteiger partial charge in [0.25, 0.3) is 0 Å². The lowest BCUT2D eigenvalue weighted by Gasteiger charge is -2.27. The molecule has 0 rings (SSSR count). The van der Waals surface area contributed by atoms with E-state index in [2.05, 4.69) is 10.6 Å². The Morgan fingerprint density at radius 1 is 0.852 bits per heavy atom. The van der Waals surface area contributed by atoms with Gasteiger partial charge in [0.05, 0.1) is 7.11 Å². The highest BCUT2D eigenvalue weighted by molar-refractivity contribution is 5.82. The first-order valence-electron chi connectivity index (χ1n) is 9.18. The fourth-order valence-electron chi connectivity index (χ4n) is 2.15. The van der Waals surface area contributed by atoms with Crippen LogP contribution in [0.4, 0.5) is 4.79 Å². The zero-order chi connectivity index (χ0) is 21.4. The van der Waals surface area contributed by atoms with Crippen LogP contribution in [0.5, 0.6) is 0 Å². The van der Waals surface area contributed by atoms with Crippen LogP contribution in [0.15, 0.2) is 0 Å². The summed E-state index contributed by atoms with van der Waals surface area (Å²) in [6.07, 6.45) is -0.215. The van der Waals surface area contributed by atoms with E-state index in [0.717, 1.165) is 0 Å². The van der Waals surface area contributed by atoms with E-state index in [1.165, 1.54) is 7.11 Å². The summed E-state index contributed by atoms with van der Waals surface area (Å²) < 4.78 is 15.3. The molecule has 8 nitrogen and oxygen atoms in total. The lowest BCUT2D eigenvalue weighted by molar-refractivity contribution is -0.158. The Kier molecular flexibility index (Phi) is 9.78. The van der Waals surface area contributed by atoms with Gasteiger partial charge in [0.15, 0.2) is 0 Å². The maximum atomic E-state index is 12.4. The summed E-state index contributed by atoms with van der Waals surface area (Å²) in [5.41, 5.74) is -1.32. The van der Waals surface area contributed by atoms with Crippen LogP contribution < -0.4 is 10.6 Å². The quantitative estimate of drug-likeness (QED) is 0.486. The number of esters is 2. The van der Waals surface area contributed by atoms with Gasteiger partial charge in [0.1, 0.15) is 23.3 Å². The van der Waals surface area contributed by atoms with E-state index >= 15 is 0 Å². The fraction of sp³-hybridized carbons (Fsp3) is 0.842. The van der Waals surface area contributed by atoms with Crippen LogP contribution >= 0.6 is 0 Å². The average Bonchev–Trinajstić information content (AvgIpc) is 2.45. The first kappa shape index (κ1) is 25.2. The number of nitrogens with one attached hydrogen (secondary N) is 2. The van der Waals surface area contributed by atoms with Gasteiger partial charge in [-0.15, -0.1) is 0 Å². The average molecular weight is 389 g/mol. The van der Waals surface area contributed by atoms with Crippen molar-refractivity contribution in [3.63, 3.8) is 0 Å². The SMILES string of the molecule is COC(=O)[C@@H](CN[C@@H](CC(C)C)C(=O)OC(C)(C)C)NC(=O)OC(C)(C)C. The summed E-state index contributed by atoms with van der Waals surface area (Å²) in [4.78, 5) is 36.4. The van der Waals surface area contributed by atoms with E-state index in [4.69, 9.17) is 14.2 Å². The van der Waals surface area contributed by atoms with Gasteiger partial charge in [-0.2, -0.15) is 0 Å². The summed E-state index contributed by atoms with van der Waals surface area (Å²) in [6.45, 7) is 14.5. The zero-order valence-electron chi connectivity index (χ0n) is 18.1. The lowest BCUT2D eigenvalue weighted by atomic mass is 10.0. The van der Waals surface area contributed by atoms with Crippen molar-refractivity contribution in [2.45, 2.75) is 85.1 Å². The molecule has 0 saturated heterocycles. The summed E-state index contributed by atoms with van der Waals surface area (Å²) in [5, 5.41) is 5.48. The highest BCUT2D eigenvalue weighted by atomic mass is 16.6. The first-order chi connectivity index (χ1) is 12.1. The van der Waals surface area contributed by atoms with Crippen molar-refractivity contribution in [3.05, 3.63) is 0 Å². The zero-order valence-corrected chi connectivity index (χ0v) is 18.1. The van der Waals surface area contributed by atoms with Gasteiger partial charge >= 0.3 is 18.0 Å². The number of amides is 1. The maximum Gasteiger partial charge on any atom is 0.408 e. The molecule has 0 aliphatic heterocycles. The third kappa shape index (κ3) is 12.2. The largest absolute Gasteiger partial charge is 0.467 e. The number of hydrogen-bond acceptors (Lipinski definition) is 7. The van der Waals surface area contributed by atoms with Crippen LogP contribution in [0.3, 0.4) is 0 Å². The summed E-state index contributed by atoms with van der Waals surface area (Å²) in [7, 11) is 1.23. The number of ether oxygens (including phenoxy) is 3. The molecular weight excluding hydrogens is 352 g/mol. The molecule has 1 amide bonds. The minimum Gasteiger partial charge on any atom is -0.467 e. The van der Waals surface area contributed by atoms with Gasteiger partial charge < -0.3 is 24.8 Å². The molecule has 0 aromatic heterocycles. The molecule has 0 unspecified atom stereocenters. The molecule has 0 radical (unpaired) electrons. The third-order valence-electron chi connectivity index (χ3n) is 3.14. The minimum atomic E-state index is -0.998. The fourth-order valence-corrected chi connectivity index (χ4v) is 2.15. The Morgan fingerprint density at radius 3 is 1.78 bits per heavy atom. The molecule has 0 bridgehead atoms. The van der Waals surface area contributed by atoms with Crippen molar-refractivity contribution < 1.29 is 28.6 Å². The number of carbonyl (C=O) groups excluding carboxylic acids is 3. The van der Waals surface area contributed by atoms with Crippen molar-refractivity contribution in [2.24, 2.45) is 5.92 Å². The molecule has 0 fully saturated rings. The van der Waals surface area contributed by atoms with Crippen molar-refractivity contribution in [1.82, 2.24) is 10.6 Å². The van der Waals surface area contributed by atoms with Gasteiger partial charge in [-0.1, -0.05) is 13.8 Å². The molecule has 0 spiro atoms. The molecule has 27 heavy (non-hydrogen) atoms. The summed E-state index contributed by atoms with van der Waals surface area (Å²) >= 11 is 0. The topological polar surface area (TPSA) is 103 Å². The van der Waals surface area contributed by atoms with Crippen LogP contribution in [0, 0.1) is 5.92 Å². The number of alkyl carbamates (subject to hydrolysis) is 1. The second-order valence-electron chi connectivity index (χ2n) is 8.85. The van der Waals surface area contributed by atoms with Crippen molar-refractivity contribution in [1.29, 1.82) is 0 Å². The standard InChI is InChI=1S/C19H36N2O6/c1-12(2)10-13(16(23)26-18(3,4)5)20-11-14(15(22)25-9)21-17(24)27-19(6,7)8/h12-14,20H,10-11H2,1-9H3,(H,21,24)/t13-,14+/m0/s1. The predicted octanol–water partition coefficient (Wildman–Crippen LogP) is 2.40. The minimum absolute atomic E-state index is 0.00253. The van der Waals surface area contributed by atoms with Gasteiger partial charge in [0, 0.05) is 6.54 Å². The Morgan fingerprint density at radius 2 is 1.37 bits per heavy atom. The monoisotopic (exact) mass is 388 g/mol. The number of methoxy groups -OCH3 is 1. The Labute approximate surface area is 162 Å². The molecule has 2 N–H and O–H groups in total. The molecular formula is C19H36N2O6. The smallest absolute Gasteiger partial charge is 0.408 e. The second kappa shape index (κ2) is 10.5. The van der Waals surface area contributed by atoms with Crippen LogP contribution in [0.1, 0.15) is 61.8 Å². The van der Waals surface area contributed by atoms with E-state index in [9.17, 15) is 14.4 Å². The van der Waals surface area contributed by atoms with Crippen molar-refractivity contribution in [3.8, 4) is 0 Å². The first-order valence-corrected chi connectivity index (χ1v) is 9.18. The summed E-state index contributed by atoms with van der Waals surface area (Å²) in [5.74, 6) is -0.816. The maximum absolute atomic E-state index is 12.4. The van der Waals surface area contributed by atoms with Gasteiger partial charge in [-0.25, -0.2) is 9.59 Å². The van der Waals surface area contributed by atoms with Crippen LogP contribution in [0.2, 0.25) is 0 Å². The van der Waals surface area contributed by atoms with E-state index in [-0.39, 0.29) is 12.5 Å². The highest BCUT2D eigenvalue weighted by Crippen LogP contribution is 2.13. The molecule has 0 aliphatic rings. The molecule has 0 aromatic carbocycles. The van der Waals surface area contributed by atoms with E-state index < -0.39 is 41.3 Å². The molecule has 0 saturated carbocycles. The van der Waals surface area contributed by atoms with Gasteiger partial charge in [-0.3, -0.25) is 4.79 Å². The second-order valence-corrected chi connectivity index (χ2v) is 8.85. The Hall–Kier alpha value is -1.83. The molecule has 8 heteroatoms. The number of rotatable bonds is 8. The molecule has 158 valence electrons. The Bertz CT molecular complexity index is 505. The molecule has 0 aromatic rings. The van der Waals surface area contributed by atoms with Crippen LogP contribution in [-0.2, 0) is 23.8 Å². The number of hydrogen-bond donors (Lipinski definition) is 2. The van der Waals surface area contributed by atoms with Crippen LogP contribution in [-0.4, -0.2) is 55.0 Å². The van der Waals surface area contributed by atoms with Crippen molar-refractivity contribution in [2.75, 3.05) is 13.7 Å². The van der Waals surface area contributed by atoms with Gasteiger partial charge in [0.2, 0.25) is 0 Å². The highest BCUT2D eigenvalue weighted by Gasteiger charge is 2.29. The number of carbonyl (C=O) groups is 3. The lowest BCUT2D eigenvalue weighted by Crippen LogP contribution is -2.53. The molecule has 0 aliphatic carbocycles.